The molecule has 1 aromatic carbocycles. The zero-order chi connectivity index (χ0) is 14.8. The molecule has 0 spiro atoms. The number of fused-ring (bicyclic) bond motifs is 1. The smallest absolute Gasteiger partial charge is 0.126 e. The molecule has 0 radical (unpaired) electrons. The van der Waals surface area contributed by atoms with Gasteiger partial charge in [0.1, 0.15) is 5.82 Å². The van der Waals surface area contributed by atoms with Gasteiger partial charge in [0.05, 0.1) is 6.10 Å². The summed E-state index contributed by atoms with van der Waals surface area (Å²) >= 11 is 5.93. The first-order chi connectivity index (χ1) is 10.1. The number of aliphatic hydroxyl groups excluding tert-OH is 1. The fraction of sp³-hybridized carbons (Fsp3) is 0.667. The maximum absolute atomic E-state index is 13.8. The summed E-state index contributed by atoms with van der Waals surface area (Å²) in [5, 5.41) is 11.1. The summed E-state index contributed by atoms with van der Waals surface area (Å²) in [4.78, 5) is 0. The molecule has 21 heavy (non-hydrogen) atoms. The van der Waals surface area contributed by atoms with E-state index in [1.165, 1.54) is 38.2 Å². The van der Waals surface area contributed by atoms with Crippen LogP contribution in [0.2, 0.25) is 5.02 Å². The minimum atomic E-state index is -0.444. The van der Waals surface area contributed by atoms with Gasteiger partial charge in [-0.05, 0) is 60.8 Å². The zero-order valence-corrected chi connectivity index (χ0v) is 13.2. The van der Waals surface area contributed by atoms with Gasteiger partial charge in [-0.2, -0.15) is 0 Å². The summed E-state index contributed by atoms with van der Waals surface area (Å²) in [6.07, 6.45) is 8.79. The highest BCUT2D eigenvalue weighted by Gasteiger charge is 2.35. The number of hydrogen-bond donors (Lipinski definition) is 1. The van der Waals surface area contributed by atoms with Gasteiger partial charge in [0.25, 0.3) is 0 Å². The van der Waals surface area contributed by atoms with Crippen molar-refractivity contribution in [2.24, 2.45) is 17.8 Å². The van der Waals surface area contributed by atoms with Crippen molar-refractivity contribution in [3.05, 3.63) is 34.6 Å². The van der Waals surface area contributed by atoms with Crippen molar-refractivity contribution in [1.82, 2.24) is 0 Å². The highest BCUT2D eigenvalue weighted by molar-refractivity contribution is 6.30. The Morgan fingerprint density at radius 1 is 1.14 bits per heavy atom. The Balaban J connectivity index is 1.62. The summed E-state index contributed by atoms with van der Waals surface area (Å²) in [6, 6.07) is 4.59. The van der Waals surface area contributed by atoms with Gasteiger partial charge < -0.3 is 5.11 Å². The Kier molecular flexibility index (Phi) is 4.85. The van der Waals surface area contributed by atoms with Gasteiger partial charge in [0.2, 0.25) is 0 Å². The number of benzene rings is 1. The van der Waals surface area contributed by atoms with E-state index in [1.54, 1.807) is 12.1 Å². The molecule has 1 nitrogen and oxygen atoms in total. The lowest BCUT2D eigenvalue weighted by molar-refractivity contribution is 0.0356. The lowest BCUT2D eigenvalue weighted by Gasteiger charge is -2.40. The Bertz CT molecular complexity index is 490. The first-order valence-electron chi connectivity index (χ1n) is 8.25. The monoisotopic (exact) mass is 310 g/mol. The molecule has 2 aliphatic rings. The van der Waals surface area contributed by atoms with E-state index in [1.807, 2.05) is 0 Å². The van der Waals surface area contributed by atoms with Gasteiger partial charge in [0.15, 0.2) is 0 Å². The fourth-order valence-corrected chi connectivity index (χ4v) is 4.55. The average molecular weight is 311 g/mol. The molecule has 0 heterocycles. The Hall–Kier alpha value is -0.600. The van der Waals surface area contributed by atoms with Gasteiger partial charge in [0, 0.05) is 11.4 Å². The minimum Gasteiger partial charge on any atom is -0.392 e. The third kappa shape index (κ3) is 3.60. The van der Waals surface area contributed by atoms with Crippen molar-refractivity contribution in [1.29, 1.82) is 0 Å². The summed E-state index contributed by atoms with van der Waals surface area (Å²) in [5.74, 6) is 1.73. The number of hydrogen-bond acceptors (Lipinski definition) is 1. The van der Waals surface area contributed by atoms with Crippen molar-refractivity contribution in [2.75, 3.05) is 0 Å². The number of halogens is 2. The maximum Gasteiger partial charge on any atom is 0.126 e. The first-order valence-corrected chi connectivity index (χ1v) is 8.63. The van der Waals surface area contributed by atoms with Crippen LogP contribution in [0.15, 0.2) is 18.2 Å². The van der Waals surface area contributed by atoms with Gasteiger partial charge in [-0.1, -0.05) is 37.3 Å². The predicted molar refractivity (Wildman–Crippen MR) is 83.9 cm³/mol. The van der Waals surface area contributed by atoms with Crippen LogP contribution in [0.25, 0.3) is 0 Å². The Labute approximate surface area is 131 Å². The quantitative estimate of drug-likeness (QED) is 0.834. The van der Waals surface area contributed by atoms with Crippen LogP contribution in [-0.4, -0.2) is 11.2 Å². The second kappa shape index (κ2) is 6.66. The molecule has 2 fully saturated rings. The van der Waals surface area contributed by atoms with Crippen LogP contribution in [0, 0.1) is 23.6 Å². The highest BCUT2D eigenvalue weighted by atomic mass is 35.5. The third-order valence-electron chi connectivity index (χ3n) is 5.56. The molecule has 0 aliphatic heterocycles. The van der Waals surface area contributed by atoms with E-state index in [-0.39, 0.29) is 5.82 Å². The van der Waals surface area contributed by atoms with Crippen LogP contribution in [0.4, 0.5) is 4.39 Å². The predicted octanol–water partition coefficient (Wildman–Crippen LogP) is 4.99. The number of rotatable bonds is 3. The average Bonchev–Trinajstić information content (AvgIpc) is 2.50. The van der Waals surface area contributed by atoms with Crippen LogP contribution >= 0.6 is 11.6 Å². The van der Waals surface area contributed by atoms with Crippen molar-refractivity contribution in [3.8, 4) is 0 Å². The van der Waals surface area contributed by atoms with Crippen LogP contribution < -0.4 is 0 Å². The molecule has 4 atom stereocenters. The molecule has 0 amide bonds. The van der Waals surface area contributed by atoms with Gasteiger partial charge in [-0.15, -0.1) is 0 Å². The highest BCUT2D eigenvalue weighted by Crippen LogP contribution is 2.43. The molecule has 0 aromatic heterocycles. The molecule has 2 saturated carbocycles. The maximum atomic E-state index is 13.8. The van der Waals surface area contributed by atoms with E-state index >= 15 is 0 Å². The van der Waals surface area contributed by atoms with Gasteiger partial charge in [-0.3, -0.25) is 0 Å². The summed E-state index contributed by atoms with van der Waals surface area (Å²) in [5.41, 5.74) is 0.542. The Morgan fingerprint density at radius 2 is 1.90 bits per heavy atom. The SMILES string of the molecule is OC(Cc1cc(Cl)ccc1F)C1CCC2CCCCC2C1. The van der Waals surface area contributed by atoms with Crippen LogP contribution in [0.5, 0.6) is 0 Å². The minimum absolute atomic E-state index is 0.259. The zero-order valence-electron chi connectivity index (χ0n) is 12.4. The fourth-order valence-electron chi connectivity index (χ4n) is 4.35. The van der Waals surface area contributed by atoms with E-state index in [0.29, 0.717) is 22.9 Å². The van der Waals surface area contributed by atoms with Crippen molar-refractivity contribution < 1.29 is 9.50 Å². The van der Waals surface area contributed by atoms with E-state index in [9.17, 15) is 9.50 Å². The van der Waals surface area contributed by atoms with E-state index in [0.717, 1.165) is 24.7 Å². The molecule has 2 aliphatic carbocycles. The molecular weight excluding hydrogens is 287 g/mol. The van der Waals surface area contributed by atoms with Crippen molar-refractivity contribution in [3.63, 3.8) is 0 Å². The molecule has 0 saturated heterocycles. The van der Waals surface area contributed by atoms with Crippen molar-refractivity contribution >= 4 is 11.6 Å². The molecule has 3 heteroatoms. The largest absolute Gasteiger partial charge is 0.392 e. The third-order valence-corrected chi connectivity index (χ3v) is 5.80. The van der Waals surface area contributed by atoms with Gasteiger partial charge >= 0.3 is 0 Å². The van der Waals surface area contributed by atoms with E-state index in [2.05, 4.69) is 0 Å². The van der Waals surface area contributed by atoms with Gasteiger partial charge in [-0.25, -0.2) is 4.39 Å². The van der Waals surface area contributed by atoms with E-state index in [4.69, 9.17) is 11.6 Å². The summed E-state index contributed by atoms with van der Waals surface area (Å²) in [6.45, 7) is 0. The molecule has 116 valence electrons. The topological polar surface area (TPSA) is 20.2 Å². The molecular formula is C18H24ClFO. The second-order valence-corrected chi connectivity index (χ2v) is 7.32. The molecule has 1 aromatic rings. The van der Waals surface area contributed by atoms with Crippen molar-refractivity contribution in [2.45, 2.75) is 57.5 Å². The summed E-state index contributed by atoms with van der Waals surface area (Å²) in [7, 11) is 0. The van der Waals surface area contributed by atoms with E-state index < -0.39 is 6.10 Å². The molecule has 0 bridgehead atoms. The lowest BCUT2D eigenvalue weighted by atomic mass is 9.66. The standard InChI is InChI=1S/C18H24ClFO/c19-16-7-8-17(20)15(10-16)11-18(21)14-6-5-12-3-1-2-4-13(12)9-14/h7-8,10,12-14,18,21H,1-6,9,11H2. The normalized spacial score (nSPS) is 30.7. The first kappa shape index (κ1) is 15.3. The van der Waals surface area contributed by atoms with Crippen LogP contribution in [-0.2, 0) is 6.42 Å². The van der Waals surface area contributed by atoms with Crippen LogP contribution in [0.1, 0.15) is 50.5 Å². The number of aliphatic hydroxyl groups is 1. The molecule has 1 N–H and O–H groups in total. The summed E-state index contributed by atoms with van der Waals surface area (Å²) < 4.78 is 13.8. The lowest BCUT2D eigenvalue weighted by Crippen LogP contribution is -2.34. The second-order valence-electron chi connectivity index (χ2n) is 6.88. The Morgan fingerprint density at radius 3 is 2.71 bits per heavy atom. The van der Waals surface area contributed by atoms with Crippen LogP contribution in [0.3, 0.4) is 0 Å². The molecule has 3 rings (SSSR count). The molecule has 4 unspecified atom stereocenters.